The Morgan fingerprint density at radius 1 is 1.22 bits per heavy atom. The fraction of sp³-hybridized carbons (Fsp3) is 0.800. The molecule has 0 aliphatic carbocycles. The summed E-state index contributed by atoms with van der Waals surface area (Å²) in [5, 5.41) is 9.79. The molecule has 0 saturated heterocycles. The first-order valence-corrected chi connectivity index (χ1v) is 9.44. The summed E-state index contributed by atoms with van der Waals surface area (Å²) in [6.07, 6.45) is 0. The van der Waals surface area contributed by atoms with Gasteiger partial charge in [0.25, 0.3) is 0 Å². The molecule has 2 nitrogen and oxygen atoms in total. The summed E-state index contributed by atoms with van der Waals surface area (Å²) in [6, 6.07) is 0. The molecule has 0 aromatic rings. The van der Waals surface area contributed by atoms with Crippen LogP contribution in [0.5, 0.6) is 0 Å². The van der Waals surface area contributed by atoms with Gasteiger partial charge >= 0.3 is 113 Å². The van der Waals surface area contributed by atoms with Gasteiger partial charge in [-0.3, -0.25) is 0 Å². The molecule has 0 radical (unpaired) electrons. The third kappa shape index (κ3) is 2.96. The van der Waals surface area contributed by atoms with Crippen molar-refractivity contribution in [3.63, 3.8) is 0 Å². The van der Waals surface area contributed by atoms with Gasteiger partial charge < -0.3 is 0 Å². The molecule has 0 amide bonds. The summed E-state index contributed by atoms with van der Waals surface area (Å²) in [6.45, 7) is 20.9. The molecule has 18 heavy (non-hydrogen) atoms. The molecule has 0 aromatic carbocycles. The molecule has 108 valence electrons. The molecule has 3 heteroatoms. The van der Waals surface area contributed by atoms with Crippen LogP contribution in [0.3, 0.4) is 0 Å². The number of hydrogen-bond donors (Lipinski definition) is 1. The molecule has 0 aliphatic rings. The van der Waals surface area contributed by atoms with E-state index in [0.717, 1.165) is 5.57 Å². The monoisotopic (exact) mass is 274 g/mol. The van der Waals surface area contributed by atoms with Crippen LogP contribution in [-0.4, -0.2) is 28.8 Å². The molecule has 0 spiro atoms. The van der Waals surface area contributed by atoms with Crippen molar-refractivity contribution in [3.8, 4) is 0 Å². The van der Waals surface area contributed by atoms with Gasteiger partial charge in [0.1, 0.15) is 0 Å². The van der Waals surface area contributed by atoms with Crippen molar-refractivity contribution in [2.45, 2.75) is 59.8 Å². The second-order valence-corrected chi connectivity index (χ2v) is 11.7. The molecule has 1 N–H and O–H groups in total. The maximum absolute atomic E-state index is 11.9. The van der Waals surface area contributed by atoms with Crippen LogP contribution < -0.4 is 0 Å². The van der Waals surface area contributed by atoms with Gasteiger partial charge in [0.05, 0.1) is 0 Å². The number of hydrogen-bond acceptors (Lipinski definition) is 1. The molecule has 0 fully saturated rings. The van der Waals surface area contributed by atoms with Gasteiger partial charge in [-0.1, -0.05) is 0 Å². The van der Waals surface area contributed by atoms with Gasteiger partial charge in [0.2, 0.25) is 0 Å². The van der Waals surface area contributed by atoms with Crippen LogP contribution in [0.25, 0.3) is 0 Å². The van der Waals surface area contributed by atoms with Crippen LogP contribution in [-0.2, 0) is 0 Å². The van der Waals surface area contributed by atoms with Gasteiger partial charge in [0, 0.05) is 0 Å². The molecule has 0 saturated carbocycles. The van der Waals surface area contributed by atoms with E-state index < -0.39 is 13.0 Å². The summed E-state index contributed by atoms with van der Waals surface area (Å²) in [5.41, 5.74) is 0.713. The van der Waals surface area contributed by atoms with Crippen molar-refractivity contribution in [3.05, 3.63) is 12.2 Å². The van der Waals surface area contributed by atoms with Gasteiger partial charge in [-0.2, -0.15) is 0 Å². The van der Waals surface area contributed by atoms with E-state index in [9.17, 15) is 9.90 Å². The van der Waals surface area contributed by atoms with Crippen LogP contribution in [0.4, 0.5) is 4.79 Å². The second kappa shape index (κ2) is 5.74. The first kappa shape index (κ1) is 17.6. The Kier molecular flexibility index (Phi) is 5.62. The van der Waals surface area contributed by atoms with E-state index in [1.165, 1.54) is 0 Å². The summed E-state index contributed by atoms with van der Waals surface area (Å²) >= 11 is 0. The Bertz CT molecular complexity index is 331. The number of rotatable bonds is 6. The number of allylic oxidation sites excluding steroid dienone is 1. The molecular weight excluding hydrogens is 243 g/mol. The van der Waals surface area contributed by atoms with E-state index in [1.54, 1.807) is 0 Å². The predicted octanol–water partition coefficient (Wildman–Crippen LogP) is 5.08. The Morgan fingerprint density at radius 2 is 1.61 bits per heavy atom. The topological polar surface area (TPSA) is 37.3 Å². The molecule has 1 unspecified atom stereocenters. The zero-order valence-electron chi connectivity index (χ0n) is 13.3. The SMILES string of the molecule is C=C(C)C(C(C)(C)C(C)C)[PH](C)(C(=O)O)C(C)C. The van der Waals surface area contributed by atoms with Crippen LogP contribution in [0.2, 0.25) is 0 Å². The summed E-state index contributed by atoms with van der Waals surface area (Å²) in [4.78, 5) is 11.9. The zero-order valence-corrected chi connectivity index (χ0v) is 14.3. The van der Waals surface area contributed by atoms with Crippen molar-refractivity contribution >= 4 is 13.0 Å². The maximum atomic E-state index is 11.9. The van der Waals surface area contributed by atoms with Gasteiger partial charge in [-0.05, 0) is 0 Å². The van der Waals surface area contributed by atoms with Gasteiger partial charge in [0.15, 0.2) is 0 Å². The standard InChI is InChI=1S/C15H31O2P/c1-10(2)13(15(7,8)11(3)4)18(9,12(5)6)14(16)17/h11-13,18H,1H2,2-9H3,(H,16,17). The van der Waals surface area contributed by atoms with Crippen LogP contribution >= 0.6 is 7.26 Å². The van der Waals surface area contributed by atoms with Crippen molar-refractivity contribution in [1.29, 1.82) is 0 Å². The normalized spacial score (nSPS) is 15.9. The molecule has 0 bridgehead atoms. The van der Waals surface area contributed by atoms with E-state index in [1.807, 2.05) is 27.4 Å². The van der Waals surface area contributed by atoms with Gasteiger partial charge in [-0.25, -0.2) is 0 Å². The minimum absolute atomic E-state index is 0.0323. The molecule has 1 atom stereocenters. The third-order valence-electron chi connectivity index (χ3n) is 4.98. The summed E-state index contributed by atoms with van der Waals surface area (Å²) < 4.78 is 0. The quantitative estimate of drug-likeness (QED) is 0.541. The Labute approximate surface area is 113 Å². The van der Waals surface area contributed by atoms with Crippen LogP contribution in [0.15, 0.2) is 12.2 Å². The van der Waals surface area contributed by atoms with E-state index in [2.05, 4.69) is 34.3 Å². The molecule has 0 aliphatic heterocycles. The molecule has 0 rings (SSSR count). The summed E-state index contributed by atoms with van der Waals surface area (Å²) in [7, 11) is -2.48. The average molecular weight is 274 g/mol. The van der Waals surface area contributed by atoms with Crippen molar-refractivity contribution in [2.24, 2.45) is 11.3 Å². The molecule has 0 aromatic heterocycles. The predicted molar refractivity (Wildman–Crippen MR) is 84.6 cm³/mol. The zero-order chi connectivity index (χ0) is 14.9. The first-order chi connectivity index (χ1) is 7.90. The van der Waals surface area contributed by atoms with Gasteiger partial charge in [-0.15, -0.1) is 0 Å². The van der Waals surface area contributed by atoms with Crippen molar-refractivity contribution in [2.75, 3.05) is 6.66 Å². The summed E-state index contributed by atoms with van der Waals surface area (Å²) in [5.74, 6) is 0.434. The number of carboxylic acid groups (broad SMARTS) is 1. The van der Waals surface area contributed by atoms with Crippen molar-refractivity contribution < 1.29 is 9.90 Å². The fourth-order valence-electron chi connectivity index (χ4n) is 2.96. The van der Waals surface area contributed by atoms with Crippen molar-refractivity contribution in [1.82, 2.24) is 0 Å². The van der Waals surface area contributed by atoms with E-state index in [-0.39, 0.29) is 16.7 Å². The molecular formula is C15H31O2P. The fourth-order valence-corrected chi connectivity index (χ4v) is 7.27. The first-order valence-electron chi connectivity index (χ1n) is 6.78. The Hall–Kier alpha value is -0.360. The minimum atomic E-state index is -2.48. The van der Waals surface area contributed by atoms with E-state index in [0.29, 0.717) is 5.92 Å². The number of carbonyl (C=O) groups is 1. The van der Waals surface area contributed by atoms with Crippen LogP contribution in [0, 0.1) is 11.3 Å². The Morgan fingerprint density at radius 3 is 1.78 bits per heavy atom. The Balaban J connectivity index is 5.90. The third-order valence-corrected chi connectivity index (χ3v) is 10.7. The molecule has 0 heterocycles. The van der Waals surface area contributed by atoms with E-state index >= 15 is 0 Å². The van der Waals surface area contributed by atoms with E-state index in [4.69, 9.17) is 0 Å². The second-order valence-electron chi connectivity index (χ2n) is 7.00. The average Bonchev–Trinajstić information content (AvgIpc) is 2.15. The van der Waals surface area contributed by atoms with Crippen LogP contribution in [0.1, 0.15) is 48.5 Å².